The first-order valence-corrected chi connectivity index (χ1v) is 9.93. The number of para-hydroxylation sites is 1. The van der Waals surface area contributed by atoms with Crippen molar-refractivity contribution in [3.05, 3.63) is 30.0 Å². The van der Waals surface area contributed by atoms with Gasteiger partial charge in [-0.05, 0) is 13.1 Å². The molecule has 2 bridgehead atoms. The highest BCUT2D eigenvalue weighted by Gasteiger charge is 2.99. The Morgan fingerprint density at radius 2 is 1.17 bits per heavy atom. The number of nitrogens with zero attached hydrogens (tertiary/aromatic N) is 3. The first kappa shape index (κ1) is 26.7. The molecule has 2 aliphatic heterocycles. The topological polar surface area (TPSA) is 313 Å². The number of likely N-dealkylation sites (N-methyl/N-ethyl adjacent to an activating group) is 1. The van der Waals surface area contributed by atoms with Gasteiger partial charge in [0.2, 0.25) is 11.4 Å². The van der Waals surface area contributed by atoms with Crippen LogP contribution in [0.25, 0.3) is 10.9 Å². The summed E-state index contributed by atoms with van der Waals surface area (Å²) >= 11 is 0. The molecule has 0 radical (unpaired) electrons. The average molecular weight is 520 g/mol. The summed E-state index contributed by atoms with van der Waals surface area (Å²) < 4.78 is 1.15. The SMILES string of the molecule is CN1C2(O)C(O)(O)C(O)(O)C(O)(O)C1(O)C(O)(O)C(O)(NC(=O)c1nn(C)c3ccccc13)C2(O)O. The minimum absolute atomic E-state index is 0.0525. The third-order valence-corrected chi connectivity index (χ3v) is 7.16. The lowest BCUT2D eigenvalue weighted by Crippen LogP contribution is -3.08. The van der Waals surface area contributed by atoms with Crippen LogP contribution in [0.15, 0.2) is 24.3 Å². The smallest absolute Gasteiger partial charge is 0.283 e. The number of amides is 1. The molecule has 2 aliphatic rings. The van der Waals surface area contributed by atoms with Gasteiger partial charge in [-0.2, -0.15) is 5.10 Å². The zero-order valence-electron chi connectivity index (χ0n) is 18.4. The number of carbonyl (C=O) groups is 1. The Morgan fingerprint density at radius 1 is 0.722 bits per heavy atom. The van der Waals surface area contributed by atoms with E-state index in [0.29, 0.717) is 5.52 Å². The van der Waals surface area contributed by atoms with Crippen LogP contribution in [-0.4, -0.2) is 140 Å². The maximum atomic E-state index is 13.1. The molecule has 18 heteroatoms. The average Bonchev–Trinajstić information content (AvgIpc) is 3.11. The van der Waals surface area contributed by atoms with Crippen LogP contribution in [0.2, 0.25) is 0 Å². The number of fused-ring (bicyclic) bond motifs is 3. The van der Waals surface area contributed by atoms with Gasteiger partial charge in [0.15, 0.2) is 5.69 Å². The van der Waals surface area contributed by atoms with Gasteiger partial charge in [0.1, 0.15) is 0 Å². The molecule has 14 N–H and O–H groups in total. The second-order valence-corrected chi connectivity index (χ2v) is 8.92. The van der Waals surface area contributed by atoms with E-state index in [9.17, 15) is 71.2 Å². The molecule has 4 rings (SSSR count). The summed E-state index contributed by atoms with van der Waals surface area (Å²) in [5.41, 5.74) is -14.3. The van der Waals surface area contributed by atoms with Gasteiger partial charge in [0, 0.05) is 12.4 Å². The van der Waals surface area contributed by atoms with Crippen LogP contribution >= 0.6 is 0 Å². The van der Waals surface area contributed by atoms with Crippen molar-refractivity contribution >= 4 is 16.8 Å². The van der Waals surface area contributed by atoms with E-state index in [1.54, 1.807) is 6.07 Å². The van der Waals surface area contributed by atoms with Crippen LogP contribution in [0, 0.1) is 0 Å². The third-order valence-electron chi connectivity index (χ3n) is 7.16. The van der Waals surface area contributed by atoms with Crippen molar-refractivity contribution in [1.82, 2.24) is 20.0 Å². The quantitative estimate of drug-likeness (QED) is 0.163. The largest absolute Gasteiger partial charge is 0.366 e. The Balaban J connectivity index is 2.00. The molecular weight excluding hydrogens is 496 g/mol. The summed E-state index contributed by atoms with van der Waals surface area (Å²) in [4.78, 5) is 12.4. The van der Waals surface area contributed by atoms with Gasteiger partial charge in [-0.1, -0.05) is 18.2 Å². The summed E-state index contributed by atoms with van der Waals surface area (Å²) in [7, 11) is 1.59. The Morgan fingerprint density at radius 3 is 1.64 bits per heavy atom. The van der Waals surface area contributed by atoms with Gasteiger partial charge >= 0.3 is 0 Å². The maximum Gasteiger partial charge on any atom is 0.283 e. The summed E-state index contributed by atoms with van der Waals surface area (Å²) in [6, 6.07) is 5.84. The monoisotopic (exact) mass is 520 g/mol. The molecule has 2 atom stereocenters. The fourth-order valence-corrected chi connectivity index (χ4v) is 4.91. The van der Waals surface area contributed by atoms with Crippen LogP contribution < -0.4 is 5.32 Å². The number of carbonyl (C=O) groups excluding carboxylic acids is 1. The van der Waals surface area contributed by atoms with E-state index < -0.39 is 62.6 Å². The molecule has 0 spiro atoms. The van der Waals surface area contributed by atoms with Gasteiger partial charge in [-0.25, -0.2) is 4.90 Å². The minimum atomic E-state index is -5.01. The van der Waals surface area contributed by atoms with Crippen molar-refractivity contribution in [3.63, 3.8) is 0 Å². The van der Waals surface area contributed by atoms with Crippen LogP contribution in [0.1, 0.15) is 10.5 Å². The molecule has 1 aromatic heterocycles. The number of aliphatic hydroxyl groups is 13. The molecule has 2 fully saturated rings. The van der Waals surface area contributed by atoms with Crippen LogP contribution in [0.3, 0.4) is 0 Å². The summed E-state index contributed by atoms with van der Waals surface area (Å²) in [6.07, 6.45) is 0. The minimum Gasteiger partial charge on any atom is -0.366 e. The lowest BCUT2D eigenvalue weighted by Gasteiger charge is -2.74. The highest BCUT2D eigenvalue weighted by atomic mass is 16.7. The van der Waals surface area contributed by atoms with Gasteiger partial charge in [-0.15, -0.1) is 0 Å². The predicted molar refractivity (Wildman–Crippen MR) is 107 cm³/mol. The standard InChI is InChI=1S/C18H24N4O14/c1-21-8-6-4-3-5-7(8)9(20-21)10(23)19-11(24)14(27,28)12(25)16(31,32)18(35,36)17(33,34)13(26,22(12)2)15(11,29)30/h3-6,24-36H,1-2H3,(H,19,23). The van der Waals surface area contributed by atoms with Crippen molar-refractivity contribution in [2.45, 2.75) is 46.1 Å². The Hall–Kier alpha value is -2.40. The first-order valence-electron chi connectivity index (χ1n) is 9.93. The van der Waals surface area contributed by atoms with Crippen LogP contribution in [0.5, 0.6) is 0 Å². The zero-order valence-corrected chi connectivity index (χ0v) is 18.4. The van der Waals surface area contributed by atoms with Gasteiger partial charge < -0.3 is 71.7 Å². The van der Waals surface area contributed by atoms with Crippen molar-refractivity contribution in [1.29, 1.82) is 0 Å². The molecule has 200 valence electrons. The van der Waals surface area contributed by atoms with Gasteiger partial charge in [0.25, 0.3) is 40.6 Å². The zero-order chi connectivity index (χ0) is 27.7. The molecule has 36 heavy (non-hydrogen) atoms. The molecule has 0 aliphatic carbocycles. The maximum absolute atomic E-state index is 13.1. The number of nitrogens with one attached hydrogen (secondary N) is 1. The lowest BCUT2D eigenvalue weighted by molar-refractivity contribution is -0.654. The fourth-order valence-electron chi connectivity index (χ4n) is 4.91. The number of piperidine rings is 2. The van der Waals surface area contributed by atoms with Gasteiger partial charge in [0.05, 0.1) is 5.52 Å². The second kappa shape index (κ2) is 6.72. The molecule has 1 aromatic carbocycles. The van der Waals surface area contributed by atoms with Crippen LogP contribution in [0.4, 0.5) is 0 Å². The molecule has 2 saturated heterocycles. The molecular formula is C18H24N4O14. The summed E-state index contributed by atoms with van der Waals surface area (Å²) in [6.45, 7) is 0. The highest BCUT2D eigenvalue weighted by molar-refractivity contribution is 6.05. The Kier molecular flexibility index (Phi) is 4.98. The molecule has 2 aromatic rings. The molecule has 18 nitrogen and oxygen atoms in total. The lowest BCUT2D eigenvalue weighted by atomic mass is 9.59. The molecule has 2 unspecified atom stereocenters. The third kappa shape index (κ3) is 2.29. The fraction of sp³-hybridized carbons (Fsp3) is 0.556. The van der Waals surface area contributed by atoms with E-state index in [-0.39, 0.29) is 12.4 Å². The Labute approximate surface area is 199 Å². The molecule has 0 saturated carbocycles. The number of hydrogen-bond acceptors (Lipinski definition) is 16. The van der Waals surface area contributed by atoms with Crippen LogP contribution in [-0.2, 0) is 7.05 Å². The van der Waals surface area contributed by atoms with Crippen molar-refractivity contribution in [3.8, 4) is 0 Å². The second-order valence-electron chi connectivity index (χ2n) is 8.92. The summed E-state index contributed by atoms with van der Waals surface area (Å²) in [5, 5.41) is 143. The number of benzene rings is 1. The van der Waals surface area contributed by atoms with Crippen molar-refractivity contribution in [2.24, 2.45) is 7.05 Å². The van der Waals surface area contributed by atoms with Crippen molar-refractivity contribution in [2.75, 3.05) is 7.05 Å². The number of hydrogen-bond donors (Lipinski definition) is 14. The highest BCUT2D eigenvalue weighted by Crippen LogP contribution is 2.63. The van der Waals surface area contributed by atoms with E-state index in [1.807, 2.05) is 0 Å². The number of aryl methyl sites for hydroxylation is 1. The van der Waals surface area contributed by atoms with E-state index in [1.165, 1.54) is 30.6 Å². The normalized spacial score (nSPS) is 36.0. The number of rotatable bonds is 2. The molecule has 3 heterocycles. The Bertz CT molecular complexity index is 1230. The van der Waals surface area contributed by atoms with E-state index in [0.717, 1.165) is 4.68 Å². The van der Waals surface area contributed by atoms with Gasteiger partial charge in [-0.3, -0.25) is 9.48 Å². The predicted octanol–water partition coefficient (Wildman–Crippen LogP) is -8.27. The summed E-state index contributed by atoms with van der Waals surface area (Å²) in [5.74, 6) is -26.3. The first-order chi connectivity index (χ1) is 16.0. The van der Waals surface area contributed by atoms with E-state index in [4.69, 9.17) is 0 Å². The number of aromatic nitrogens is 2. The molecule has 1 amide bonds. The van der Waals surface area contributed by atoms with E-state index in [2.05, 4.69) is 5.10 Å². The van der Waals surface area contributed by atoms with E-state index >= 15 is 0 Å². The van der Waals surface area contributed by atoms with Crippen molar-refractivity contribution < 1.29 is 71.2 Å².